The highest BCUT2D eigenvalue weighted by atomic mass is 19.1. The summed E-state index contributed by atoms with van der Waals surface area (Å²) in [4.78, 5) is 17.2. The molecule has 2 N–H and O–H groups in total. The maximum Gasteiger partial charge on any atom is 0.257 e. The molecule has 1 aromatic rings. The highest BCUT2D eigenvalue weighted by Crippen LogP contribution is 2.14. The van der Waals surface area contributed by atoms with Gasteiger partial charge in [0.15, 0.2) is 11.6 Å². The number of pyridine rings is 1. The number of ether oxygens (including phenoxy) is 1. The molecule has 1 aromatic heterocycles. The fourth-order valence-electron chi connectivity index (χ4n) is 1.52. The smallest absolute Gasteiger partial charge is 0.257 e. The minimum atomic E-state index is -0.766. The van der Waals surface area contributed by atoms with Crippen molar-refractivity contribution in [3.05, 3.63) is 23.6 Å². The van der Waals surface area contributed by atoms with E-state index in [1.54, 1.807) is 0 Å². The molecule has 0 atom stereocenters. The third-order valence-corrected chi connectivity index (χ3v) is 2.53. The molecule has 0 aliphatic heterocycles. The van der Waals surface area contributed by atoms with Crippen LogP contribution in [0.3, 0.4) is 0 Å². The van der Waals surface area contributed by atoms with Gasteiger partial charge >= 0.3 is 0 Å². The Hall–Kier alpha value is -1.69. The van der Waals surface area contributed by atoms with Gasteiger partial charge in [-0.2, -0.15) is 0 Å². The van der Waals surface area contributed by atoms with Crippen LogP contribution in [0.1, 0.15) is 24.2 Å². The number of carbonyl (C=O) groups excluding carboxylic acids is 1. The zero-order valence-corrected chi connectivity index (χ0v) is 10.6. The van der Waals surface area contributed by atoms with E-state index < -0.39 is 11.7 Å². The van der Waals surface area contributed by atoms with Crippen LogP contribution in [0.4, 0.5) is 10.2 Å². The van der Waals surface area contributed by atoms with E-state index in [0.29, 0.717) is 26.3 Å². The molecule has 0 aromatic carbocycles. The second-order valence-electron chi connectivity index (χ2n) is 3.64. The lowest BCUT2D eigenvalue weighted by atomic mass is 10.2. The van der Waals surface area contributed by atoms with E-state index in [0.717, 1.165) is 0 Å². The highest BCUT2D eigenvalue weighted by molar-refractivity contribution is 5.95. The number of nitrogens with zero attached hydrogens (tertiary/aromatic N) is 2. The van der Waals surface area contributed by atoms with Crippen LogP contribution in [-0.4, -0.2) is 42.1 Å². The Morgan fingerprint density at radius 3 is 2.89 bits per heavy atom. The number of aromatic nitrogens is 1. The van der Waals surface area contributed by atoms with Gasteiger partial charge in [-0.15, -0.1) is 0 Å². The lowest BCUT2D eigenvalue weighted by Crippen LogP contribution is -2.34. The molecule has 0 saturated carbocycles. The van der Waals surface area contributed by atoms with Crippen molar-refractivity contribution < 1.29 is 13.9 Å². The molecule has 1 rings (SSSR count). The van der Waals surface area contributed by atoms with Crippen LogP contribution in [0.2, 0.25) is 0 Å². The number of hydrogen-bond acceptors (Lipinski definition) is 4. The minimum absolute atomic E-state index is 0.0548. The van der Waals surface area contributed by atoms with Crippen molar-refractivity contribution in [2.24, 2.45) is 0 Å². The van der Waals surface area contributed by atoms with Crippen molar-refractivity contribution in [3.63, 3.8) is 0 Å². The van der Waals surface area contributed by atoms with E-state index in [1.807, 2.05) is 13.8 Å². The molecule has 6 heteroatoms. The normalized spacial score (nSPS) is 10.4. The molecule has 5 nitrogen and oxygen atoms in total. The number of nitrogen functional groups attached to an aromatic ring is 1. The quantitative estimate of drug-likeness (QED) is 0.778. The number of likely N-dealkylation sites (N-methyl/N-ethyl adjacent to an activating group) is 1. The van der Waals surface area contributed by atoms with Crippen molar-refractivity contribution in [1.82, 2.24) is 9.88 Å². The summed E-state index contributed by atoms with van der Waals surface area (Å²) >= 11 is 0. The number of nitrogens with two attached hydrogens (primary N) is 1. The summed E-state index contributed by atoms with van der Waals surface area (Å²) in [6, 6.07) is 1.33. The minimum Gasteiger partial charge on any atom is -0.381 e. The van der Waals surface area contributed by atoms with Gasteiger partial charge in [0, 0.05) is 25.9 Å². The van der Waals surface area contributed by atoms with Gasteiger partial charge in [-0.3, -0.25) is 4.79 Å². The summed E-state index contributed by atoms with van der Waals surface area (Å²) in [6.07, 6.45) is 1.32. The monoisotopic (exact) mass is 255 g/mol. The van der Waals surface area contributed by atoms with Crippen LogP contribution in [-0.2, 0) is 4.74 Å². The fourth-order valence-corrected chi connectivity index (χ4v) is 1.52. The first-order valence-electron chi connectivity index (χ1n) is 5.88. The van der Waals surface area contributed by atoms with Crippen molar-refractivity contribution in [3.8, 4) is 0 Å². The van der Waals surface area contributed by atoms with Gasteiger partial charge in [0.2, 0.25) is 0 Å². The summed E-state index contributed by atoms with van der Waals surface area (Å²) in [5, 5.41) is 0. The zero-order chi connectivity index (χ0) is 13.5. The first-order chi connectivity index (χ1) is 8.61. The molecular formula is C12H18FN3O2. The van der Waals surface area contributed by atoms with Crippen molar-refractivity contribution in [1.29, 1.82) is 0 Å². The Bertz CT molecular complexity index is 412. The van der Waals surface area contributed by atoms with Gasteiger partial charge in [0.05, 0.1) is 12.2 Å². The number of rotatable bonds is 6. The largest absolute Gasteiger partial charge is 0.381 e. The molecule has 18 heavy (non-hydrogen) atoms. The van der Waals surface area contributed by atoms with E-state index in [9.17, 15) is 9.18 Å². The molecule has 1 amide bonds. The Morgan fingerprint density at radius 2 is 2.28 bits per heavy atom. The molecule has 0 bridgehead atoms. The Labute approximate surface area is 106 Å². The Kier molecular flexibility index (Phi) is 5.51. The van der Waals surface area contributed by atoms with E-state index in [-0.39, 0.29) is 11.4 Å². The number of hydrogen-bond donors (Lipinski definition) is 1. The molecule has 0 saturated heterocycles. The highest BCUT2D eigenvalue weighted by Gasteiger charge is 2.19. The molecule has 0 unspecified atom stereocenters. The molecule has 0 aliphatic rings. The molecule has 100 valence electrons. The van der Waals surface area contributed by atoms with E-state index in [4.69, 9.17) is 10.5 Å². The van der Waals surface area contributed by atoms with E-state index in [1.165, 1.54) is 17.2 Å². The second kappa shape index (κ2) is 6.90. The predicted molar refractivity (Wildman–Crippen MR) is 66.7 cm³/mol. The molecular weight excluding hydrogens is 237 g/mol. The van der Waals surface area contributed by atoms with Gasteiger partial charge in [-0.1, -0.05) is 0 Å². The second-order valence-corrected chi connectivity index (χ2v) is 3.64. The van der Waals surface area contributed by atoms with Crippen LogP contribution in [0.25, 0.3) is 0 Å². The van der Waals surface area contributed by atoms with Gasteiger partial charge < -0.3 is 15.4 Å². The molecule has 0 radical (unpaired) electrons. The predicted octanol–water partition coefficient (Wildman–Crippen LogP) is 1.30. The topological polar surface area (TPSA) is 68.5 Å². The first-order valence-corrected chi connectivity index (χ1v) is 5.88. The average Bonchev–Trinajstić information content (AvgIpc) is 2.37. The van der Waals surface area contributed by atoms with Crippen molar-refractivity contribution in [2.45, 2.75) is 13.8 Å². The van der Waals surface area contributed by atoms with Crippen LogP contribution in [0.15, 0.2) is 12.3 Å². The summed E-state index contributed by atoms with van der Waals surface area (Å²) in [5.41, 5.74) is 5.29. The molecule has 0 fully saturated rings. The SMILES string of the molecule is CCOCCN(CC)C(=O)c1ccnc(N)c1F. The van der Waals surface area contributed by atoms with Gasteiger partial charge in [-0.05, 0) is 19.9 Å². The van der Waals surface area contributed by atoms with Crippen LogP contribution in [0, 0.1) is 5.82 Å². The molecule has 1 heterocycles. The standard InChI is InChI=1S/C12H18FN3O2/c1-3-16(7-8-18-4-2)12(17)9-5-6-15-11(14)10(9)13/h5-6H,3-4,7-8H2,1-2H3,(H2,14,15). The third kappa shape index (κ3) is 3.40. The van der Waals surface area contributed by atoms with Gasteiger partial charge in [-0.25, -0.2) is 9.37 Å². The van der Waals surface area contributed by atoms with Crippen LogP contribution in [0.5, 0.6) is 0 Å². The lowest BCUT2D eigenvalue weighted by Gasteiger charge is -2.21. The zero-order valence-electron chi connectivity index (χ0n) is 10.6. The maximum absolute atomic E-state index is 13.7. The summed E-state index contributed by atoms with van der Waals surface area (Å²) in [7, 11) is 0. The van der Waals surface area contributed by atoms with Gasteiger partial charge in [0.1, 0.15) is 0 Å². The number of amides is 1. The Morgan fingerprint density at radius 1 is 1.56 bits per heavy atom. The fraction of sp³-hybridized carbons (Fsp3) is 0.500. The van der Waals surface area contributed by atoms with Crippen molar-refractivity contribution in [2.75, 3.05) is 32.0 Å². The Balaban J connectivity index is 2.80. The number of halogens is 1. The van der Waals surface area contributed by atoms with E-state index >= 15 is 0 Å². The third-order valence-electron chi connectivity index (χ3n) is 2.53. The lowest BCUT2D eigenvalue weighted by molar-refractivity contribution is 0.0665. The summed E-state index contributed by atoms with van der Waals surface area (Å²) in [5.74, 6) is -1.43. The molecule has 0 spiro atoms. The van der Waals surface area contributed by atoms with Crippen LogP contribution >= 0.6 is 0 Å². The number of anilines is 1. The van der Waals surface area contributed by atoms with Crippen LogP contribution < -0.4 is 5.73 Å². The first kappa shape index (κ1) is 14.4. The maximum atomic E-state index is 13.7. The van der Waals surface area contributed by atoms with Crippen molar-refractivity contribution >= 4 is 11.7 Å². The average molecular weight is 255 g/mol. The molecule has 0 aliphatic carbocycles. The summed E-state index contributed by atoms with van der Waals surface area (Å²) < 4.78 is 18.9. The van der Waals surface area contributed by atoms with E-state index in [2.05, 4.69) is 4.98 Å². The number of carbonyl (C=O) groups is 1. The summed E-state index contributed by atoms with van der Waals surface area (Å²) in [6.45, 7) is 5.62. The van der Waals surface area contributed by atoms with Gasteiger partial charge in [0.25, 0.3) is 5.91 Å².